The maximum atomic E-state index is 2.70. The monoisotopic (exact) mass is 1570 g/mol. The Morgan fingerprint density at radius 3 is 1.08 bits per heavy atom. The topological polar surface area (TPSA) is 19.4 Å². The molecule has 25 rings (SSSR count). The van der Waals surface area contributed by atoms with Gasteiger partial charge in [0.2, 0.25) is 0 Å². The number of anilines is 18. The molecule has 4 aliphatic heterocycles. The van der Waals surface area contributed by atoms with Gasteiger partial charge in [-0.3, -0.25) is 0 Å². The third-order valence-corrected chi connectivity index (χ3v) is 28.5. The van der Waals surface area contributed by atoms with E-state index in [0.29, 0.717) is 0 Å². The second-order valence-corrected chi connectivity index (χ2v) is 34.5. The van der Waals surface area contributed by atoms with Gasteiger partial charge in [0.05, 0.1) is 49.2 Å². The van der Waals surface area contributed by atoms with Crippen molar-refractivity contribution in [2.24, 2.45) is 0 Å². The van der Waals surface area contributed by atoms with Gasteiger partial charge < -0.3 is 29.4 Å². The first-order valence-corrected chi connectivity index (χ1v) is 43.2. The molecule has 18 aromatic carbocycles. The van der Waals surface area contributed by atoms with E-state index in [0.717, 1.165) is 125 Å². The zero-order valence-electron chi connectivity index (χ0n) is 64.3. The van der Waals surface area contributed by atoms with Gasteiger partial charge in [-0.2, -0.15) is 0 Å². The van der Waals surface area contributed by atoms with Gasteiger partial charge in [-0.05, 0) is 177 Å². The van der Waals surface area contributed by atoms with Crippen molar-refractivity contribution in [1.82, 2.24) is 0 Å². The minimum atomic E-state index is -0.293. The summed E-state index contributed by atoms with van der Waals surface area (Å²) in [6.07, 6.45) is 0. The Balaban J connectivity index is 0.840. The average molecular weight is 1570 g/mol. The summed E-state index contributed by atoms with van der Waals surface area (Å²) in [7, 11) is 0. The van der Waals surface area contributed by atoms with Crippen LogP contribution in [0.3, 0.4) is 0 Å². The molecule has 3 aromatic heterocycles. The van der Waals surface area contributed by atoms with Crippen molar-refractivity contribution in [3.8, 4) is 22.3 Å². The molecule has 6 nitrogen and oxygen atoms in total. The van der Waals surface area contributed by atoms with Crippen LogP contribution in [0, 0.1) is 0 Å². The van der Waals surface area contributed by atoms with Gasteiger partial charge in [0.15, 0.2) is 0 Å². The fourth-order valence-corrected chi connectivity index (χ4v) is 23.6. The zero-order chi connectivity index (χ0) is 77.9. The van der Waals surface area contributed by atoms with Gasteiger partial charge in [-0.1, -0.05) is 279 Å². The van der Waals surface area contributed by atoms with E-state index in [1.54, 1.807) is 0 Å². The molecule has 554 valence electrons. The maximum absolute atomic E-state index is 2.70. The quantitative estimate of drug-likeness (QED) is 0.113. The molecule has 0 bridgehead atoms. The van der Waals surface area contributed by atoms with Gasteiger partial charge in [-0.25, -0.2) is 0 Å². The normalized spacial score (nSPS) is 12.9. The molecule has 0 atom stereocenters. The molecule has 0 spiro atoms. The van der Waals surface area contributed by atoms with Crippen LogP contribution in [0.1, 0.15) is 0 Å². The fourth-order valence-electron chi connectivity index (χ4n) is 20.1. The molecule has 0 unspecified atom stereocenters. The summed E-state index contributed by atoms with van der Waals surface area (Å²) >= 11 is 5.63. The first-order chi connectivity index (χ1) is 59.1. The smallest absolute Gasteiger partial charge is 0.252 e. The molecule has 7 heterocycles. The number of para-hydroxylation sites is 7. The highest BCUT2D eigenvalue weighted by Gasteiger charge is 2.50. The summed E-state index contributed by atoms with van der Waals surface area (Å²) in [6, 6.07) is 156. The van der Waals surface area contributed by atoms with Crippen LogP contribution in [0.25, 0.3) is 82.8 Å². The lowest BCUT2D eigenvalue weighted by Crippen LogP contribution is -2.65. The SMILES string of the molecule is c1ccc(-c2ccccc2N2c3cc4c(cc3B3c5ccccc5N(c5cccc6c5sc5ccccc56)c5cc(N(c6ccccc6)c6cccc7c6sc6ccccc67)cc2c53)B2c3ccccc3N(c3cccc5sc6ccccc6c35)c3cc(N(c5ccccc5)c5ccccc5)cc(c32)N4c2ccccc2-c2ccccc2)cc1. The van der Waals surface area contributed by atoms with Crippen LogP contribution >= 0.6 is 34.0 Å². The Labute approximate surface area is 701 Å². The van der Waals surface area contributed by atoms with E-state index in [1.165, 1.54) is 93.3 Å². The lowest BCUT2D eigenvalue weighted by molar-refractivity contribution is 1.22. The number of fused-ring (bicyclic) bond motifs is 17. The third kappa shape index (κ3) is 10.4. The largest absolute Gasteiger partial charge is 0.311 e. The summed E-state index contributed by atoms with van der Waals surface area (Å²) in [4.78, 5) is 15.7. The molecular weight excluding hydrogens is 1500 g/mol. The van der Waals surface area contributed by atoms with E-state index in [4.69, 9.17) is 0 Å². The predicted molar refractivity (Wildman–Crippen MR) is 513 cm³/mol. The van der Waals surface area contributed by atoms with E-state index >= 15 is 0 Å². The van der Waals surface area contributed by atoms with Crippen molar-refractivity contribution in [1.29, 1.82) is 0 Å². The van der Waals surface area contributed by atoms with E-state index < -0.39 is 0 Å². The van der Waals surface area contributed by atoms with Gasteiger partial charge >= 0.3 is 0 Å². The average Bonchev–Trinajstić information content (AvgIpc) is 0.750. The van der Waals surface area contributed by atoms with Crippen molar-refractivity contribution >= 4 is 243 Å². The van der Waals surface area contributed by atoms with Crippen LogP contribution in [0.15, 0.2) is 413 Å². The molecule has 0 amide bonds. The Bertz CT molecular complexity index is 7660. The molecule has 0 saturated heterocycles. The zero-order valence-corrected chi connectivity index (χ0v) is 66.8. The summed E-state index contributed by atoms with van der Waals surface area (Å²) < 4.78 is 7.50. The fraction of sp³-hybridized carbons (Fsp3) is 0. The van der Waals surface area contributed by atoms with Crippen molar-refractivity contribution < 1.29 is 0 Å². The number of hydrogen-bond acceptors (Lipinski definition) is 9. The molecule has 0 fully saturated rings. The molecule has 0 radical (unpaired) electrons. The summed E-state index contributed by atoms with van der Waals surface area (Å²) in [6.45, 7) is -0.578. The first kappa shape index (κ1) is 67.8. The lowest BCUT2D eigenvalue weighted by atomic mass is 9.30. The molecule has 0 saturated carbocycles. The Hall–Kier alpha value is -14.5. The lowest BCUT2D eigenvalue weighted by Gasteiger charge is -2.48. The molecule has 0 aliphatic carbocycles. The second kappa shape index (κ2) is 27.1. The summed E-state index contributed by atoms with van der Waals surface area (Å²) in [5.41, 5.74) is 31.6. The van der Waals surface area contributed by atoms with Crippen molar-refractivity contribution in [3.05, 3.63) is 413 Å². The highest BCUT2D eigenvalue weighted by Crippen LogP contribution is 2.57. The standard InChI is InChI=1S/C108H68B2N6S3/c1-6-33-69(34-7-1)76-43-16-23-52-87(76)113-94-68-95-86(67-85(94)109-83-50-21-25-54-89(83)115(91-56-32-62-103-104(91)82-47-20-29-61-102(82)117-103)98-64-74(63-96(113)105(98)109)111(71-37-10-3-11-38-71)72-39-12-4-13-40-72)110-84-51-22-26-55-90(84)116(93-58-31-49-81-79-46-19-28-60-101(79)119-108(81)93)99-66-75(65-97(106(99)110)114(95)88-53-24-17-44-77(88)70-35-8-2-9-36-70)112(73-41-14-5-15-42-73)92-57-30-48-80-78-45-18-27-59-100(78)118-107(80)92/h1-68H. The number of benzene rings is 18. The second-order valence-electron chi connectivity index (χ2n) is 31.3. The minimum Gasteiger partial charge on any atom is -0.311 e. The molecule has 119 heavy (non-hydrogen) atoms. The number of thiophene rings is 3. The Morgan fingerprint density at radius 1 is 0.202 bits per heavy atom. The van der Waals surface area contributed by atoms with E-state index in [9.17, 15) is 0 Å². The number of rotatable bonds is 12. The van der Waals surface area contributed by atoms with Crippen molar-refractivity contribution in [2.75, 3.05) is 29.4 Å². The Kier molecular flexibility index (Phi) is 15.4. The van der Waals surface area contributed by atoms with Gasteiger partial charge in [0.25, 0.3) is 13.4 Å². The molecule has 21 aromatic rings. The van der Waals surface area contributed by atoms with E-state index in [1.807, 2.05) is 34.0 Å². The minimum absolute atomic E-state index is 0.285. The van der Waals surface area contributed by atoms with Crippen molar-refractivity contribution in [3.63, 3.8) is 0 Å². The predicted octanol–water partition coefficient (Wildman–Crippen LogP) is 27.2. The first-order valence-electron chi connectivity index (χ1n) is 40.8. The van der Waals surface area contributed by atoms with Crippen LogP contribution in [-0.4, -0.2) is 13.4 Å². The summed E-state index contributed by atoms with van der Waals surface area (Å²) in [5.74, 6) is 0. The molecular formula is C108H68B2N6S3. The maximum Gasteiger partial charge on any atom is 0.252 e. The Morgan fingerprint density at radius 2 is 0.555 bits per heavy atom. The van der Waals surface area contributed by atoms with Crippen LogP contribution in [0.2, 0.25) is 0 Å². The van der Waals surface area contributed by atoms with Crippen LogP contribution < -0.4 is 62.2 Å². The van der Waals surface area contributed by atoms with E-state index in [2.05, 4.69) is 442 Å². The van der Waals surface area contributed by atoms with Crippen LogP contribution in [-0.2, 0) is 0 Å². The van der Waals surface area contributed by atoms with Crippen LogP contribution in [0.4, 0.5) is 102 Å². The van der Waals surface area contributed by atoms with Crippen LogP contribution in [0.5, 0.6) is 0 Å². The number of hydrogen-bond donors (Lipinski definition) is 0. The molecule has 4 aliphatic rings. The third-order valence-electron chi connectivity index (χ3n) is 24.9. The summed E-state index contributed by atoms with van der Waals surface area (Å²) in [5, 5.41) is 7.49. The van der Waals surface area contributed by atoms with Gasteiger partial charge in [-0.15, -0.1) is 34.0 Å². The highest BCUT2D eigenvalue weighted by molar-refractivity contribution is 7.27. The molecule has 11 heteroatoms. The number of nitrogens with zero attached hydrogens (tertiary/aromatic N) is 6. The van der Waals surface area contributed by atoms with Crippen molar-refractivity contribution in [2.45, 2.75) is 0 Å². The molecule has 0 N–H and O–H groups in total. The highest BCUT2D eigenvalue weighted by atomic mass is 32.1. The van der Waals surface area contributed by atoms with Gasteiger partial charge in [0.1, 0.15) is 0 Å². The van der Waals surface area contributed by atoms with Gasteiger partial charge in [0, 0.05) is 125 Å². The van der Waals surface area contributed by atoms with E-state index in [-0.39, 0.29) is 13.4 Å².